The van der Waals surface area contributed by atoms with E-state index in [0.29, 0.717) is 36.0 Å². The normalized spacial score (nSPS) is 11.1. The van der Waals surface area contributed by atoms with E-state index in [2.05, 4.69) is 53.1 Å². The summed E-state index contributed by atoms with van der Waals surface area (Å²) in [6.45, 7) is 0.280. The van der Waals surface area contributed by atoms with Crippen LogP contribution in [0.15, 0.2) is 73.6 Å². The van der Waals surface area contributed by atoms with Crippen molar-refractivity contribution in [3.8, 4) is 11.8 Å². The van der Waals surface area contributed by atoms with Gasteiger partial charge in [-0.15, -0.1) is 0 Å². The fourth-order valence-electron chi connectivity index (χ4n) is 2.67. The molecular formula is C23H13Br3Cl2N2O2. The number of nitrogens with one attached hydrogen (secondary N) is 1. The molecule has 0 radical (unpaired) electrons. The molecule has 0 aliphatic heterocycles. The maximum Gasteiger partial charge on any atom is 0.266 e. The van der Waals surface area contributed by atoms with Gasteiger partial charge < -0.3 is 10.1 Å². The van der Waals surface area contributed by atoms with Gasteiger partial charge in [-0.05, 0) is 91.5 Å². The molecule has 1 amide bonds. The maximum absolute atomic E-state index is 12.5. The molecule has 0 saturated heterocycles. The quantitative estimate of drug-likeness (QED) is 0.214. The minimum absolute atomic E-state index is 0.0340. The maximum atomic E-state index is 12.5. The van der Waals surface area contributed by atoms with Crippen molar-refractivity contribution in [2.24, 2.45) is 0 Å². The first-order chi connectivity index (χ1) is 15.3. The molecular weight excluding hydrogens is 647 g/mol. The average Bonchev–Trinajstić information content (AvgIpc) is 2.73. The first-order valence-corrected chi connectivity index (χ1v) is 12.1. The molecule has 1 N–H and O–H groups in total. The third-order valence-corrected chi connectivity index (χ3v) is 6.56. The molecule has 0 heterocycles. The summed E-state index contributed by atoms with van der Waals surface area (Å²) >= 11 is 22.3. The van der Waals surface area contributed by atoms with Crippen LogP contribution in [0.2, 0.25) is 10.0 Å². The number of anilines is 1. The molecule has 0 aliphatic carbocycles. The van der Waals surface area contributed by atoms with Gasteiger partial charge in [0, 0.05) is 10.2 Å². The summed E-state index contributed by atoms with van der Waals surface area (Å²) in [4.78, 5) is 12.5. The molecule has 0 unspecified atom stereocenters. The zero-order valence-electron chi connectivity index (χ0n) is 16.1. The Balaban J connectivity index is 1.77. The zero-order chi connectivity index (χ0) is 23.3. The molecule has 0 fully saturated rings. The second-order valence-electron chi connectivity index (χ2n) is 6.49. The van der Waals surface area contributed by atoms with Crippen LogP contribution in [0.5, 0.6) is 5.75 Å². The number of nitriles is 1. The van der Waals surface area contributed by atoms with E-state index >= 15 is 0 Å². The summed E-state index contributed by atoms with van der Waals surface area (Å²) in [7, 11) is 0. The van der Waals surface area contributed by atoms with Crippen LogP contribution in [-0.4, -0.2) is 5.91 Å². The van der Waals surface area contributed by atoms with Crippen molar-refractivity contribution in [1.29, 1.82) is 5.26 Å². The molecule has 0 aliphatic rings. The van der Waals surface area contributed by atoms with E-state index in [1.54, 1.807) is 42.5 Å². The van der Waals surface area contributed by atoms with Crippen LogP contribution in [0.3, 0.4) is 0 Å². The molecule has 3 aromatic carbocycles. The average molecular weight is 660 g/mol. The van der Waals surface area contributed by atoms with Crippen LogP contribution in [-0.2, 0) is 11.4 Å². The summed E-state index contributed by atoms with van der Waals surface area (Å²) in [6, 6.07) is 17.9. The minimum atomic E-state index is -0.502. The topological polar surface area (TPSA) is 62.1 Å². The van der Waals surface area contributed by atoms with E-state index in [4.69, 9.17) is 27.9 Å². The predicted octanol–water partition coefficient (Wildman–Crippen LogP) is 8.41. The lowest BCUT2D eigenvalue weighted by atomic mass is 10.1. The summed E-state index contributed by atoms with van der Waals surface area (Å²) in [5.74, 6) is 0.0723. The number of rotatable bonds is 6. The Labute approximate surface area is 220 Å². The van der Waals surface area contributed by atoms with Gasteiger partial charge >= 0.3 is 0 Å². The Morgan fingerprint density at radius 2 is 1.75 bits per heavy atom. The second-order valence-corrected chi connectivity index (χ2v) is 9.92. The summed E-state index contributed by atoms with van der Waals surface area (Å²) < 4.78 is 8.04. The van der Waals surface area contributed by atoms with Crippen molar-refractivity contribution in [2.45, 2.75) is 6.61 Å². The standard InChI is InChI=1S/C23H13Br3Cl2N2O2/c24-16-2-1-3-17(10-16)30-23(31)15(11-29)6-14-7-18(25)22(19(26)8-14)32-12-13-4-5-20(27)21(28)9-13/h1-10H,12H2,(H,30,31)/b15-6-. The van der Waals surface area contributed by atoms with E-state index < -0.39 is 5.91 Å². The molecule has 32 heavy (non-hydrogen) atoms. The molecule has 4 nitrogen and oxygen atoms in total. The van der Waals surface area contributed by atoms with Gasteiger partial charge in [-0.2, -0.15) is 5.26 Å². The van der Waals surface area contributed by atoms with Gasteiger partial charge in [0.2, 0.25) is 0 Å². The lowest BCUT2D eigenvalue weighted by molar-refractivity contribution is -0.112. The van der Waals surface area contributed by atoms with Crippen LogP contribution in [0.1, 0.15) is 11.1 Å². The third kappa shape index (κ3) is 6.60. The van der Waals surface area contributed by atoms with Crippen LogP contribution in [0.25, 0.3) is 6.08 Å². The van der Waals surface area contributed by atoms with Crippen molar-refractivity contribution < 1.29 is 9.53 Å². The number of benzene rings is 3. The number of nitrogens with zero attached hydrogens (tertiary/aromatic N) is 1. The number of ether oxygens (including phenoxy) is 1. The number of hydrogen-bond acceptors (Lipinski definition) is 3. The number of amides is 1. The molecule has 3 rings (SSSR count). The number of hydrogen-bond donors (Lipinski definition) is 1. The zero-order valence-corrected chi connectivity index (χ0v) is 22.4. The Bertz CT molecular complexity index is 1230. The molecule has 0 spiro atoms. The van der Waals surface area contributed by atoms with Gasteiger partial charge in [0.25, 0.3) is 5.91 Å². The van der Waals surface area contributed by atoms with Crippen LogP contribution >= 0.6 is 71.0 Å². The van der Waals surface area contributed by atoms with E-state index in [1.807, 2.05) is 18.2 Å². The van der Waals surface area contributed by atoms with Crippen molar-refractivity contribution in [3.63, 3.8) is 0 Å². The highest BCUT2D eigenvalue weighted by molar-refractivity contribution is 9.11. The van der Waals surface area contributed by atoms with E-state index in [1.165, 1.54) is 6.08 Å². The molecule has 0 bridgehead atoms. The van der Waals surface area contributed by atoms with Gasteiger partial charge in [-0.25, -0.2) is 0 Å². The van der Waals surface area contributed by atoms with Crippen LogP contribution < -0.4 is 10.1 Å². The fraction of sp³-hybridized carbons (Fsp3) is 0.0435. The summed E-state index contributed by atoms with van der Waals surface area (Å²) in [5, 5.41) is 13.1. The van der Waals surface area contributed by atoms with E-state index in [0.717, 1.165) is 10.0 Å². The number of halogens is 5. The van der Waals surface area contributed by atoms with Gasteiger partial charge in [0.1, 0.15) is 24.0 Å². The molecule has 0 saturated carbocycles. The highest BCUT2D eigenvalue weighted by atomic mass is 79.9. The Morgan fingerprint density at radius 3 is 2.38 bits per heavy atom. The Kier molecular flexibility index (Phi) is 8.80. The van der Waals surface area contributed by atoms with Crippen LogP contribution in [0, 0.1) is 11.3 Å². The summed E-state index contributed by atoms with van der Waals surface area (Å²) in [5.41, 5.74) is 2.05. The highest BCUT2D eigenvalue weighted by Crippen LogP contribution is 2.36. The largest absolute Gasteiger partial charge is 0.487 e. The van der Waals surface area contributed by atoms with Crippen molar-refractivity contribution in [1.82, 2.24) is 0 Å². The number of carbonyl (C=O) groups is 1. The third-order valence-electron chi connectivity index (χ3n) is 4.15. The Hall–Kier alpha value is -1.82. The SMILES string of the molecule is N#C/C(=C/c1cc(Br)c(OCc2ccc(Cl)c(Cl)c2)c(Br)c1)C(=O)Nc1cccc(Br)c1. The van der Waals surface area contributed by atoms with Gasteiger partial charge in [-0.1, -0.05) is 51.3 Å². The minimum Gasteiger partial charge on any atom is -0.487 e. The molecule has 3 aromatic rings. The van der Waals surface area contributed by atoms with Gasteiger partial charge in [0.15, 0.2) is 0 Å². The monoisotopic (exact) mass is 656 g/mol. The first kappa shape index (κ1) is 24.8. The van der Waals surface area contributed by atoms with Crippen molar-refractivity contribution in [3.05, 3.63) is 94.8 Å². The fourth-order valence-corrected chi connectivity index (χ4v) is 4.84. The molecule has 0 aromatic heterocycles. The van der Waals surface area contributed by atoms with E-state index in [9.17, 15) is 10.1 Å². The molecule has 9 heteroatoms. The summed E-state index contributed by atoms with van der Waals surface area (Å²) in [6.07, 6.45) is 1.51. The Morgan fingerprint density at radius 1 is 1.03 bits per heavy atom. The molecule has 0 atom stereocenters. The number of carbonyl (C=O) groups excluding carboxylic acids is 1. The smallest absolute Gasteiger partial charge is 0.266 e. The van der Waals surface area contributed by atoms with Crippen molar-refractivity contribution >= 4 is 88.7 Å². The van der Waals surface area contributed by atoms with Crippen LogP contribution in [0.4, 0.5) is 5.69 Å². The molecule has 162 valence electrons. The van der Waals surface area contributed by atoms with Crippen molar-refractivity contribution in [2.75, 3.05) is 5.32 Å². The lowest BCUT2D eigenvalue weighted by Crippen LogP contribution is -2.13. The predicted molar refractivity (Wildman–Crippen MR) is 139 cm³/mol. The van der Waals surface area contributed by atoms with Gasteiger partial charge in [0.05, 0.1) is 19.0 Å². The van der Waals surface area contributed by atoms with E-state index in [-0.39, 0.29) is 12.2 Å². The highest BCUT2D eigenvalue weighted by Gasteiger charge is 2.13. The lowest BCUT2D eigenvalue weighted by Gasteiger charge is -2.12. The second kappa shape index (κ2) is 11.4. The first-order valence-electron chi connectivity index (χ1n) is 9.01. The van der Waals surface area contributed by atoms with Gasteiger partial charge in [-0.3, -0.25) is 4.79 Å².